The lowest BCUT2D eigenvalue weighted by Gasteiger charge is -1.93. The van der Waals surface area contributed by atoms with Gasteiger partial charge < -0.3 is 5.73 Å². The Morgan fingerprint density at radius 1 is 2.00 bits per heavy atom. The molecule has 42 valence electrons. The van der Waals surface area contributed by atoms with Gasteiger partial charge in [0.1, 0.15) is 0 Å². The minimum Gasteiger partial charge on any atom is -0.368 e. The van der Waals surface area contributed by atoms with Crippen LogP contribution in [0.4, 0.5) is 0 Å². The Balaban J connectivity index is 3.17. The number of aliphatic imine (C=N–C) groups is 1. The fraction of sp³-hybridized carbons (Fsp3) is 0.500. The van der Waals surface area contributed by atoms with Gasteiger partial charge in [-0.05, 0) is 0 Å². The van der Waals surface area contributed by atoms with E-state index in [9.17, 15) is 0 Å². The lowest BCUT2D eigenvalue weighted by molar-refractivity contribution is 0.291. The molecule has 0 aromatic heterocycles. The van der Waals surface area contributed by atoms with Crippen LogP contribution >= 0.6 is 11.9 Å². The van der Waals surface area contributed by atoms with E-state index in [0.29, 0.717) is 0 Å². The maximum absolute atomic E-state index is 5.01. The number of guanidine groups is 1. The molecule has 0 amide bonds. The fourth-order valence-electron chi connectivity index (χ4n) is 0.0852. The van der Waals surface area contributed by atoms with E-state index in [1.54, 1.807) is 0 Å². The van der Waals surface area contributed by atoms with Gasteiger partial charge in [-0.15, -0.1) is 0 Å². The Bertz CT molecular complexity index is 73.3. The van der Waals surface area contributed by atoms with E-state index in [-0.39, 0.29) is 5.96 Å². The molecule has 0 aliphatic rings. The van der Waals surface area contributed by atoms with E-state index in [1.807, 2.05) is 0 Å². The smallest absolute Gasteiger partial charge is 0.214 e. The second kappa shape index (κ2) is 3.70. The van der Waals surface area contributed by atoms with E-state index in [0.717, 1.165) is 0 Å². The molecule has 0 aromatic carbocycles. The Morgan fingerprint density at radius 3 is 2.71 bits per heavy atom. The first kappa shape index (κ1) is 6.52. The summed E-state index contributed by atoms with van der Waals surface area (Å²) in [7, 11) is 1.51. The van der Waals surface area contributed by atoms with Gasteiger partial charge in [-0.1, -0.05) is 0 Å². The van der Waals surface area contributed by atoms with Gasteiger partial charge in [0.05, 0.1) is 11.9 Å². The van der Waals surface area contributed by atoms with Crippen LogP contribution in [0.25, 0.3) is 0 Å². The summed E-state index contributed by atoms with van der Waals surface area (Å²) in [6.07, 6.45) is 0. The van der Waals surface area contributed by atoms with Crippen LogP contribution in [0, 0.1) is 0 Å². The summed E-state index contributed by atoms with van der Waals surface area (Å²) in [6, 6.07) is 0. The molecule has 0 aliphatic carbocycles. The molecule has 7 heavy (non-hydrogen) atoms. The molecule has 0 spiro atoms. The third kappa shape index (κ3) is 3.35. The molecule has 0 saturated heterocycles. The second-order valence-electron chi connectivity index (χ2n) is 0.788. The van der Waals surface area contributed by atoms with Crippen LogP contribution < -0.4 is 11.2 Å². The molecule has 0 fully saturated rings. The van der Waals surface area contributed by atoms with Crippen molar-refractivity contribution in [3.63, 3.8) is 0 Å². The highest BCUT2D eigenvalue weighted by atomic mass is 35.5. The molecule has 0 radical (unpaired) electrons. The number of halogens is 1. The van der Waals surface area contributed by atoms with Crippen LogP contribution in [0.1, 0.15) is 0 Å². The molecule has 4 nitrogen and oxygen atoms in total. The highest BCUT2D eigenvalue weighted by molar-refractivity contribution is 6.07. The van der Waals surface area contributed by atoms with Crippen molar-refractivity contribution in [3.05, 3.63) is 0 Å². The van der Waals surface area contributed by atoms with Crippen molar-refractivity contribution in [2.45, 2.75) is 0 Å². The second-order valence-corrected chi connectivity index (χ2v) is 0.942. The lowest BCUT2D eigenvalue weighted by Crippen LogP contribution is -2.28. The fourth-order valence-corrected chi connectivity index (χ4v) is 0.164. The Kier molecular flexibility index (Phi) is 3.45. The third-order valence-corrected chi connectivity index (χ3v) is 0.461. The molecule has 5 heteroatoms. The van der Waals surface area contributed by atoms with Crippen molar-refractivity contribution in [2.75, 3.05) is 7.05 Å². The number of hydrogen-bond acceptors (Lipinski definition) is 2. The largest absolute Gasteiger partial charge is 0.368 e. The van der Waals surface area contributed by atoms with Crippen LogP contribution in [-0.2, 0) is 4.39 Å². The normalized spacial score (nSPS) is 11.4. The van der Waals surface area contributed by atoms with Gasteiger partial charge in [-0.25, -0.2) is 5.48 Å². The number of hydrogen-bond donors (Lipinski definition) is 2. The Hall–Kier alpha value is -0.480. The van der Waals surface area contributed by atoms with Crippen molar-refractivity contribution >= 4 is 17.8 Å². The van der Waals surface area contributed by atoms with Gasteiger partial charge in [0.15, 0.2) is 0 Å². The molecule has 0 bridgehead atoms. The molecule has 0 saturated carbocycles. The number of rotatable bonds is 1. The molecular formula is C2H6ClN3O. The summed E-state index contributed by atoms with van der Waals surface area (Å²) < 4.78 is 3.86. The van der Waals surface area contributed by atoms with Crippen molar-refractivity contribution < 1.29 is 4.39 Å². The summed E-state index contributed by atoms with van der Waals surface area (Å²) in [5.41, 5.74) is 7.10. The predicted molar refractivity (Wildman–Crippen MR) is 27.6 cm³/mol. The quantitative estimate of drug-likeness (QED) is 0.284. The monoisotopic (exact) mass is 123 g/mol. The summed E-state index contributed by atoms with van der Waals surface area (Å²) >= 11 is 4.70. The van der Waals surface area contributed by atoms with E-state index in [2.05, 4.69) is 14.9 Å². The van der Waals surface area contributed by atoms with Gasteiger partial charge in [-0.3, -0.25) is 4.99 Å². The standard InChI is InChI=1S/C2H6ClN3O/c1-5-2(4)6-7-3/h1H3,(H3,4,5,6). The zero-order valence-corrected chi connectivity index (χ0v) is 4.57. The lowest BCUT2D eigenvalue weighted by atomic mass is 11.0. The SMILES string of the molecule is CN=C(N)NOCl. The van der Waals surface area contributed by atoms with Gasteiger partial charge in [0.2, 0.25) is 5.96 Å². The molecule has 0 heterocycles. The van der Waals surface area contributed by atoms with E-state index in [1.165, 1.54) is 7.05 Å². The average Bonchev–Trinajstić information content (AvgIpc) is 1.68. The first-order valence-electron chi connectivity index (χ1n) is 1.57. The zero-order chi connectivity index (χ0) is 5.70. The first-order valence-corrected chi connectivity index (χ1v) is 1.88. The van der Waals surface area contributed by atoms with Crippen molar-refractivity contribution in [1.29, 1.82) is 0 Å². The maximum Gasteiger partial charge on any atom is 0.214 e. The molecule has 0 unspecified atom stereocenters. The van der Waals surface area contributed by atoms with Crippen LogP contribution in [0.5, 0.6) is 0 Å². The van der Waals surface area contributed by atoms with Crippen LogP contribution in [0.2, 0.25) is 0 Å². The molecule has 0 aromatic rings. The number of nitrogens with two attached hydrogens (primary N) is 1. The topological polar surface area (TPSA) is 59.6 Å². The van der Waals surface area contributed by atoms with Crippen molar-refractivity contribution in [3.8, 4) is 0 Å². The van der Waals surface area contributed by atoms with Gasteiger partial charge in [-0.2, -0.15) is 4.39 Å². The molecular weight excluding hydrogens is 117 g/mol. The molecule has 3 N–H and O–H groups in total. The number of nitrogens with zero attached hydrogens (tertiary/aromatic N) is 1. The highest BCUT2D eigenvalue weighted by Crippen LogP contribution is 1.67. The molecule has 0 aliphatic heterocycles. The van der Waals surface area contributed by atoms with Crippen LogP contribution in [0.15, 0.2) is 4.99 Å². The summed E-state index contributed by atoms with van der Waals surface area (Å²) in [6.45, 7) is 0. The minimum absolute atomic E-state index is 0.148. The number of nitrogens with one attached hydrogen (secondary N) is 1. The van der Waals surface area contributed by atoms with Crippen molar-refractivity contribution in [2.24, 2.45) is 10.7 Å². The highest BCUT2D eigenvalue weighted by Gasteiger charge is 1.80. The van der Waals surface area contributed by atoms with E-state index >= 15 is 0 Å². The maximum atomic E-state index is 5.01. The average molecular weight is 124 g/mol. The van der Waals surface area contributed by atoms with E-state index in [4.69, 9.17) is 17.6 Å². The minimum atomic E-state index is 0.148. The van der Waals surface area contributed by atoms with E-state index < -0.39 is 0 Å². The summed E-state index contributed by atoms with van der Waals surface area (Å²) in [5.74, 6) is 0.148. The van der Waals surface area contributed by atoms with Gasteiger partial charge in [0, 0.05) is 7.05 Å². The summed E-state index contributed by atoms with van der Waals surface area (Å²) in [4.78, 5) is 3.45. The van der Waals surface area contributed by atoms with Crippen LogP contribution in [0.3, 0.4) is 0 Å². The Labute approximate surface area is 46.4 Å². The molecule has 0 rings (SSSR count). The Morgan fingerprint density at radius 2 is 2.57 bits per heavy atom. The molecule has 0 atom stereocenters. The van der Waals surface area contributed by atoms with Crippen LogP contribution in [-0.4, -0.2) is 13.0 Å². The van der Waals surface area contributed by atoms with Gasteiger partial charge in [0.25, 0.3) is 0 Å². The number of hydroxylamine groups is 1. The predicted octanol–water partition coefficient (Wildman–Crippen LogP) is -0.394. The van der Waals surface area contributed by atoms with Gasteiger partial charge >= 0.3 is 0 Å². The summed E-state index contributed by atoms with van der Waals surface area (Å²) in [5, 5.41) is 0. The van der Waals surface area contributed by atoms with Crippen molar-refractivity contribution in [1.82, 2.24) is 5.48 Å². The first-order chi connectivity index (χ1) is 3.31. The third-order valence-electron chi connectivity index (χ3n) is 0.384. The zero-order valence-electron chi connectivity index (χ0n) is 3.81.